The molecular weight excluding hydrogens is 235 g/mol. The molecule has 0 saturated carbocycles. The number of aromatic hydroxyl groups is 1. The van der Waals surface area contributed by atoms with Gasteiger partial charge in [-0.05, 0) is 35.4 Å². The number of hydrogen-bond donors (Lipinski definition) is 1. The molecule has 18 heavy (non-hydrogen) atoms. The average Bonchev–Trinajstić information content (AvgIpc) is 2.40. The highest BCUT2D eigenvalue weighted by Crippen LogP contribution is 2.29. The van der Waals surface area contributed by atoms with Crippen molar-refractivity contribution in [1.82, 2.24) is 0 Å². The molecule has 3 nitrogen and oxygen atoms in total. The van der Waals surface area contributed by atoms with Gasteiger partial charge in [0.15, 0.2) is 17.9 Å². The van der Waals surface area contributed by atoms with E-state index in [0.717, 1.165) is 0 Å². The van der Waals surface area contributed by atoms with Gasteiger partial charge in [0.25, 0.3) is 0 Å². The first kappa shape index (κ1) is 12.1. The van der Waals surface area contributed by atoms with Crippen LogP contribution < -0.4 is 4.74 Å². The van der Waals surface area contributed by atoms with Crippen LogP contribution in [0.2, 0.25) is 0 Å². The number of benzene rings is 2. The maximum atomic E-state index is 13.3. The Morgan fingerprint density at radius 3 is 2.50 bits per heavy atom. The van der Waals surface area contributed by atoms with Crippen molar-refractivity contribution in [3.05, 3.63) is 47.8 Å². The smallest absolute Gasteiger partial charge is 0.165 e. The van der Waals surface area contributed by atoms with Gasteiger partial charge in [0, 0.05) is 0 Å². The van der Waals surface area contributed by atoms with Crippen LogP contribution in [-0.2, 0) is 0 Å². The molecule has 0 saturated heterocycles. The summed E-state index contributed by atoms with van der Waals surface area (Å²) in [6.07, 6.45) is 0.569. The Kier molecular flexibility index (Phi) is 3.28. The second kappa shape index (κ2) is 4.87. The van der Waals surface area contributed by atoms with Crippen LogP contribution in [0.4, 0.5) is 4.39 Å². The molecule has 0 amide bonds. The molecule has 0 aromatic heterocycles. The van der Waals surface area contributed by atoms with Crippen LogP contribution in [0.3, 0.4) is 0 Å². The number of aldehydes is 1. The number of phenols is 1. The second-order valence-electron chi connectivity index (χ2n) is 3.74. The standard InChI is InChI=1S/C14H11FO3/c1-18-14-7-10(2-4-12(14)15)9-3-5-13(17)11(6-9)8-16/h2-8,17H,1H3. The van der Waals surface area contributed by atoms with Gasteiger partial charge < -0.3 is 9.84 Å². The predicted octanol–water partition coefficient (Wildman–Crippen LogP) is 3.02. The maximum Gasteiger partial charge on any atom is 0.165 e. The number of methoxy groups -OCH3 is 1. The van der Waals surface area contributed by atoms with Crippen LogP contribution in [-0.4, -0.2) is 18.5 Å². The maximum absolute atomic E-state index is 13.3. The van der Waals surface area contributed by atoms with E-state index in [1.165, 1.54) is 31.4 Å². The number of rotatable bonds is 3. The van der Waals surface area contributed by atoms with Crippen molar-refractivity contribution in [3.8, 4) is 22.6 Å². The number of ether oxygens (including phenoxy) is 1. The van der Waals surface area contributed by atoms with Crippen LogP contribution in [0, 0.1) is 5.82 Å². The van der Waals surface area contributed by atoms with E-state index in [-0.39, 0.29) is 17.1 Å². The van der Waals surface area contributed by atoms with E-state index in [1.54, 1.807) is 12.1 Å². The molecule has 2 aromatic carbocycles. The summed E-state index contributed by atoms with van der Waals surface area (Å²) in [5.74, 6) is -0.397. The summed E-state index contributed by atoms with van der Waals surface area (Å²) < 4.78 is 18.2. The van der Waals surface area contributed by atoms with Crippen molar-refractivity contribution in [3.63, 3.8) is 0 Å². The van der Waals surface area contributed by atoms with Gasteiger partial charge in [-0.3, -0.25) is 4.79 Å². The topological polar surface area (TPSA) is 46.5 Å². The van der Waals surface area contributed by atoms with Crippen LogP contribution in [0.5, 0.6) is 11.5 Å². The average molecular weight is 246 g/mol. The number of carbonyl (C=O) groups excluding carboxylic acids is 1. The first-order valence-electron chi connectivity index (χ1n) is 5.28. The Morgan fingerprint density at radius 2 is 1.83 bits per heavy atom. The molecule has 0 aliphatic heterocycles. The molecule has 4 heteroatoms. The molecule has 92 valence electrons. The van der Waals surface area contributed by atoms with Gasteiger partial charge in [0.2, 0.25) is 0 Å². The highest BCUT2D eigenvalue weighted by atomic mass is 19.1. The van der Waals surface area contributed by atoms with Crippen molar-refractivity contribution >= 4 is 6.29 Å². The van der Waals surface area contributed by atoms with E-state index < -0.39 is 5.82 Å². The third-order valence-corrected chi connectivity index (χ3v) is 2.64. The lowest BCUT2D eigenvalue weighted by Gasteiger charge is -2.07. The zero-order chi connectivity index (χ0) is 13.1. The first-order valence-corrected chi connectivity index (χ1v) is 5.28. The summed E-state index contributed by atoms with van der Waals surface area (Å²) in [5, 5.41) is 9.41. The number of hydrogen-bond acceptors (Lipinski definition) is 3. The van der Waals surface area contributed by atoms with Crippen molar-refractivity contribution in [2.75, 3.05) is 7.11 Å². The molecule has 0 fully saturated rings. The molecule has 0 bridgehead atoms. The number of carbonyl (C=O) groups is 1. The summed E-state index contributed by atoms with van der Waals surface area (Å²) in [4.78, 5) is 10.7. The second-order valence-corrected chi connectivity index (χ2v) is 3.74. The number of halogens is 1. The highest BCUT2D eigenvalue weighted by Gasteiger charge is 2.07. The molecule has 0 heterocycles. The zero-order valence-corrected chi connectivity index (χ0v) is 9.68. The Hall–Kier alpha value is -2.36. The van der Waals surface area contributed by atoms with Crippen LogP contribution in [0.1, 0.15) is 10.4 Å². The fraction of sp³-hybridized carbons (Fsp3) is 0.0714. The van der Waals surface area contributed by atoms with Gasteiger partial charge in [0.1, 0.15) is 5.75 Å². The summed E-state index contributed by atoms with van der Waals surface area (Å²) in [7, 11) is 1.38. The lowest BCUT2D eigenvalue weighted by Crippen LogP contribution is -1.89. The Bertz CT molecular complexity index is 594. The van der Waals surface area contributed by atoms with Gasteiger partial charge in [0.05, 0.1) is 12.7 Å². The third kappa shape index (κ3) is 2.18. The van der Waals surface area contributed by atoms with E-state index in [0.29, 0.717) is 17.4 Å². The van der Waals surface area contributed by atoms with Crippen molar-refractivity contribution in [2.45, 2.75) is 0 Å². The minimum absolute atomic E-state index is 0.0807. The van der Waals surface area contributed by atoms with Crippen LogP contribution in [0.25, 0.3) is 11.1 Å². The first-order chi connectivity index (χ1) is 8.65. The van der Waals surface area contributed by atoms with Gasteiger partial charge in [-0.15, -0.1) is 0 Å². The molecule has 1 N–H and O–H groups in total. The predicted molar refractivity (Wildman–Crippen MR) is 65.4 cm³/mol. The monoisotopic (exact) mass is 246 g/mol. The SMILES string of the molecule is COc1cc(-c2ccc(O)c(C=O)c2)ccc1F. The Labute approximate surface area is 103 Å². The quantitative estimate of drug-likeness (QED) is 0.847. The van der Waals surface area contributed by atoms with Crippen molar-refractivity contribution in [2.24, 2.45) is 0 Å². The summed E-state index contributed by atoms with van der Waals surface area (Å²) in [5.41, 5.74) is 1.60. The molecule has 0 spiro atoms. The molecule has 0 radical (unpaired) electrons. The van der Waals surface area contributed by atoms with Crippen molar-refractivity contribution in [1.29, 1.82) is 0 Å². The molecular formula is C14H11FO3. The highest BCUT2D eigenvalue weighted by molar-refractivity contribution is 5.82. The van der Waals surface area contributed by atoms with Gasteiger partial charge in [-0.2, -0.15) is 0 Å². The minimum Gasteiger partial charge on any atom is -0.507 e. The summed E-state index contributed by atoms with van der Waals surface area (Å²) in [6, 6.07) is 9.02. The largest absolute Gasteiger partial charge is 0.507 e. The Balaban J connectivity index is 2.51. The summed E-state index contributed by atoms with van der Waals surface area (Å²) in [6.45, 7) is 0. The molecule has 0 aliphatic rings. The van der Waals surface area contributed by atoms with Gasteiger partial charge >= 0.3 is 0 Å². The number of phenolic OH excluding ortho intramolecular Hbond substituents is 1. The van der Waals surface area contributed by atoms with Crippen LogP contribution >= 0.6 is 0 Å². The molecule has 2 rings (SSSR count). The van der Waals surface area contributed by atoms with Gasteiger partial charge in [-0.25, -0.2) is 4.39 Å². The fourth-order valence-electron chi connectivity index (χ4n) is 1.67. The molecule has 0 aliphatic carbocycles. The lowest BCUT2D eigenvalue weighted by molar-refractivity contribution is 0.112. The van der Waals surface area contributed by atoms with Crippen LogP contribution in [0.15, 0.2) is 36.4 Å². The van der Waals surface area contributed by atoms with Crippen molar-refractivity contribution < 1.29 is 19.0 Å². The Morgan fingerprint density at radius 1 is 1.17 bits per heavy atom. The lowest BCUT2D eigenvalue weighted by atomic mass is 10.0. The van der Waals surface area contributed by atoms with E-state index in [1.807, 2.05) is 0 Å². The fourth-order valence-corrected chi connectivity index (χ4v) is 1.67. The van der Waals surface area contributed by atoms with E-state index in [4.69, 9.17) is 4.74 Å². The minimum atomic E-state index is -0.448. The normalized spacial score (nSPS) is 10.1. The summed E-state index contributed by atoms with van der Waals surface area (Å²) >= 11 is 0. The molecule has 0 unspecified atom stereocenters. The van der Waals surface area contributed by atoms with E-state index in [9.17, 15) is 14.3 Å². The van der Waals surface area contributed by atoms with Gasteiger partial charge in [-0.1, -0.05) is 12.1 Å². The van der Waals surface area contributed by atoms with E-state index in [2.05, 4.69) is 0 Å². The molecule has 0 atom stereocenters. The van der Waals surface area contributed by atoms with E-state index >= 15 is 0 Å². The molecule has 2 aromatic rings. The third-order valence-electron chi connectivity index (χ3n) is 2.64. The zero-order valence-electron chi connectivity index (χ0n) is 9.68.